The maximum Gasteiger partial charge on any atom is 0.224 e. The van der Waals surface area contributed by atoms with E-state index in [1.807, 2.05) is 36.1 Å². The van der Waals surface area contributed by atoms with Crippen molar-refractivity contribution in [1.29, 1.82) is 0 Å². The Balaban J connectivity index is 1.98. The zero-order valence-corrected chi connectivity index (χ0v) is 13.5. The summed E-state index contributed by atoms with van der Waals surface area (Å²) in [7, 11) is 0. The number of nitrogens with zero attached hydrogens (tertiary/aromatic N) is 1. The predicted molar refractivity (Wildman–Crippen MR) is 87.2 cm³/mol. The monoisotopic (exact) mass is 308 g/mol. The molecule has 0 aromatic heterocycles. The second-order valence-electron chi connectivity index (χ2n) is 6.14. The summed E-state index contributed by atoms with van der Waals surface area (Å²) in [6, 6.07) is 7.68. The van der Waals surface area contributed by atoms with Gasteiger partial charge in [-0.1, -0.05) is 43.0 Å². The second-order valence-corrected chi connectivity index (χ2v) is 6.57. The van der Waals surface area contributed by atoms with Crippen molar-refractivity contribution in [3.05, 3.63) is 34.9 Å². The lowest BCUT2D eigenvalue weighted by atomic mass is 9.80. The van der Waals surface area contributed by atoms with E-state index in [0.29, 0.717) is 24.5 Å². The molecule has 1 aliphatic rings. The summed E-state index contributed by atoms with van der Waals surface area (Å²) < 4.78 is 0. The lowest BCUT2D eigenvalue weighted by Gasteiger charge is -2.34. The zero-order valence-electron chi connectivity index (χ0n) is 12.8. The Bertz CT molecular complexity index is 483. The van der Waals surface area contributed by atoms with E-state index in [0.717, 1.165) is 31.2 Å². The molecule has 3 nitrogen and oxygen atoms in total. The lowest BCUT2D eigenvalue weighted by molar-refractivity contribution is -0.133. The van der Waals surface area contributed by atoms with Gasteiger partial charge in [-0.15, -0.1) is 0 Å². The Labute approximate surface area is 132 Å². The first-order valence-corrected chi connectivity index (χ1v) is 8.21. The number of carbonyl (C=O) groups is 1. The Kier molecular flexibility index (Phi) is 5.65. The van der Waals surface area contributed by atoms with Gasteiger partial charge in [-0.3, -0.25) is 4.79 Å². The van der Waals surface area contributed by atoms with Gasteiger partial charge in [0.15, 0.2) is 0 Å². The van der Waals surface area contributed by atoms with Crippen molar-refractivity contribution in [2.24, 2.45) is 5.73 Å². The molecule has 116 valence electrons. The maximum atomic E-state index is 12.5. The van der Waals surface area contributed by atoms with Gasteiger partial charge in [-0.25, -0.2) is 0 Å². The van der Waals surface area contributed by atoms with Crippen LogP contribution in [0.5, 0.6) is 0 Å². The highest BCUT2D eigenvalue weighted by atomic mass is 35.5. The van der Waals surface area contributed by atoms with Crippen LogP contribution in [-0.2, 0) is 11.3 Å². The van der Waals surface area contributed by atoms with Crippen LogP contribution in [0.25, 0.3) is 0 Å². The van der Waals surface area contributed by atoms with Gasteiger partial charge < -0.3 is 10.6 Å². The van der Waals surface area contributed by atoms with Crippen LogP contribution in [0.15, 0.2) is 24.3 Å². The average molecular weight is 309 g/mol. The van der Waals surface area contributed by atoms with Crippen molar-refractivity contribution in [2.45, 2.75) is 57.5 Å². The Morgan fingerprint density at radius 1 is 1.33 bits per heavy atom. The third-order valence-corrected chi connectivity index (χ3v) is 4.58. The molecule has 0 saturated heterocycles. The molecule has 21 heavy (non-hydrogen) atoms. The molecular formula is C17H25ClN2O. The van der Waals surface area contributed by atoms with Gasteiger partial charge in [0.05, 0.1) is 0 Å². The zero-order chi connectivity index (χ0) is 15.3. The molecule has 0 unspecified atom stereocenters. The molecule has 0 radical (unpaired) electrons. The van der Waals surface area contributed by atoms with E-state index >= 15 is 0 Å². The van der Waals surface area contributed by atoms with E-state index in [4.69, 9.17) is 17.3 Å². The third-order valence-electron chi connectivity index (χ3n) is 4.35. The minimum absolute atomic E-state index is 0.155. The highest BCUT2D eigenvalue weighted by Crippen LogP contribution is 2.29. The normalized spacial score (nSPS) is 17.5. The summed E-state index contributed by atoms with van der Waals surface area (Å²) in [5.41, 5.74) is 7.17. The number of amides is 1. The van der Waals surface area contributed by atoms with E-state index in [1.54, 1.807) is 0 Å². The van der Waals surface area contributed by atoms with Crippen molar-refractivity contribution >= 4 is 17.5 Å². The standard InChI is InChI=1S/C17H25ClN2O/c1-2-20(13-14-7-6-8-15(18)11-14)16(21)12-17(19)9-4-3-5-10-17/h6-8,11H,2-5,9-10,12-13,19H2,1H3. The predicted octanol–water partition coefficient (Wildman–Crippen LogP) is 3.74. The smallest absolute Gasteiger partial charge is 0.224 e. The molecule has 0 aliphatic heterocycles. The van der Waals surface area contributed by atoms with Crippen molar-refractivity contribution in [1.82, 2.24) is 4.90 Å². The number of rotatable bonds is 5. The van der Waals surface area contributed by atoms with E-state index in [2.05, 4.69) is 0 Å². The molecule has 1 fully saturated rings. The van der Waals surface area contributed by atoms with Gasteiger partial charge in [-0.2, -0.15) is 0 Å². The fraction of sp³-hybridized carbons (Fsp3) is 0.588. The fourth-order valence-corrected chi connectivity index (χ4v) is 3.29. The van der Waals surface area contributed by atoms with Gasteiger partial charge in [0, 0.05) is 30.1 Å². The molecule has 1 saturated carbocycles. The second kappa shape index (κ2) is 7.28. The number of carbonyl (C=O) groups excluding carboxylic acids is 1. The summed E-state index contributed by atoms with van der Waals surface area (Å²) in [6.45, 7) is 3.31. The van der Waals surface area contributed by atoms with E-state index < -0.39 is 0 Å². The first-order chi connectivity index (χ1) is 10.0. The third kappa shape index (κ3) is 4.72. The summed E-state index contributed by atoms with van der Waals surface area (Å²) in [6.07, 6.45) is 5.92. The SMILES string of the molecule is CCN(Cc1cccc(Cl)c1)C(=O)CC1(N)CCCCC1. The van der Waals surface area contributed by atoms with Gasteiger partial charge in [0.2, 0.25) is 5.91 Å². The van der Waals surface area contributed by atoms with Gasteiger partial charge >= 0.3 is 0 Å². The first kappa shape index (κ1) is 16.3. The summed E-state index contributed by atoms with van der Waals surface area (Å²) in [5, 5.41) is 0.707. The highest BCUT2D eigenvalue weighted by molar-refractivity contribution is 6.30. The van der Waals surface area contributed by atoms with Crippen LogP contribution in [0.1, 0.15) is 51.0 Å². The molecule has 1 aliphatic carbocycles. The largest absolute Gasteiger partial charge is 0.339 e. The molecule has 4 heteroatoms. The van der Waals surface area contributed by atoms with E-state index in [1.165, 1.54) is 6.42 Å². The van der Waals surface area contributed by atoms with Crippen molar-refractivity contribution in [3.8, 4) is 0 Å². The number of benzene rings is 1. The van der Waals surface area contributed by atoms with Crippen molar-refractivity contribution in [3.63, 3.8) is 0 Å². The summed E-state index contributed by atoms with van der Waals surface area (Å²) in [5.74, 6) is 0.155. The van der Waals surface area contributed by atoms with Crippen LogP contribution in [0.4, 0.5) is 0 Å². The lowest BCUT2D eigenvalue weighted by Crippen LogP contribution is -2.46. The maximum absolute atomic E-state index is 12.5. The molecule has 2 rings (SSSR count). The number of halogens is 1. The van der Waals surface area contributed by atoms with Gasteiger partial charge in [-0.05, 0) is 37.5 Å². The summed E-state index contributed by atoms with van der Waals surface area (Å²) in [4.78, 5) is 14.4. The number of hydrogen-bond donors (Lipinski definition) is 1. The Hall–Kier alpha value is -1.06. The van der Waals surface area contributed by atoms with Crippen LogP contribution in [0.2, 0.25) is 5.02 Å². The van der Waals surface area contributed by atoms with Crippen LogP contribution < -0.4 is 5.73 Å². The van der Waals surface area contributed by atoms with Crippen LogP contribution in [-0.4, -0.2) is 22.9 Å². The number of nitrogens with two attached hydrogens (primary N) is 1. The minimum Gasteiger partial charge on any atom is -0.339 e. The molecule has 2 N–H and O–H groups in total. The van der Waals surface area contributed by atoms with Crippen LogP contribution >= 0.6 is 11.6 Å². The van der Waals surface area contributed by atoms with Crippen LogP contribution in [0.3, 0.4) is 0 Å². The summed E-state index contributed by atoms with van der Waals surface area (Å²) >= 11 is 6.01. The molecule has 1 aromatic rings. The van der Waals surface area contributed by atoms with Crippen molar-refractivity contribution in [2.75, 3.05) is 6.54 Å². The fourth-order valence-electron chi connectivity index (χ4n) is 3.08. The molecule has 0 bridgehead atoms. The molecule has 0 spiro atoms. The number of hydrogen-bond acceptors (Lipinski definition) is 2. The molecule has 0 atom stereocenters. The quantitative estimate of drug-likeness (QED) is 0.900. The van der Waals surface area contributed by atoms with Crippen LogP contribution in [0, 0.1) is 0 Å². The van der Waals surface area contributed by atoms with E-state index in [-0.39, 0.29) is 11.4 Å². The highest BCUT2D eigenvalue weighted by Gasteiger charge is 2.31. The molecule has 1 amide bonds. The van der Waals surface area contributed by atoms with E-state index in [9.17, 15) is 4.79 Å². The molecular weight excluding hydrogens is 284 g/mol. The topological polar surface area (TPSA) is 46.3 Å². The first-order valence-electron chi connectivity index (χ1n) is 7.83. The van der Waals surface area contributed by atoms with Crippen molar-refractivity contribution < 1.29 is 4.79 Å². The van der Waals surface area contributed by atoms with Gasteiger partial charge in [0.25, 0.3) is 0 Å². The minimum atomic E-state index is -0.295. The van der Waals surface area contributed by atoms with Gasteiger partial charge in [0.1, 0.15) is 0 Å². The average Bonchev–Trinajstić information content (AvgIpc) is 2.45. The molecule has 0 heterocycles. The Morgan fingerprint density at radius 2 is 2.05 bits per heavy atom. The molecule has 1 aromatic carbocycles. The Morgan fingerprint density at radius 3 is 2.67 bits per heavy atom.